The van der Waals surface area contributed by atoms with Crippen LogP contribution in [0.4, 0.5) is 0 Å². The second kappa shape index (κ2) is 20.0. The largest absolute Gasteiger partial charge is 0.308 e. The molecule has 1 aliphatic heterocycles. The van der Waals surface area contributed by atoms with E-state index in [0.29, 0.717) is 17.5 Å². The number of benzene rings is 12. The Morgan fingerprint density at radius 2 is 0.646 bits per heavy atom. The predicted molar refractivity (Wildman–Crippen MR) is 341 cm³/mol. The Morgan fingerprint density at radius 1 is 0.268 bits per heavy atom. The van der Waals surface area contributed by atoms with E-state index in [1.807, 2.05) is 0 Å². The van der Waals surface area contributed by atoms with Gasteiger partial charge >= 0.3 is 0 Å². The normalized spacial score (nSPS) is 12.4. The fourth-order valence-corrected chi connectivity index (χ4v) is 12.3. The van der Waals surface area contributed by atoms with Crippen molar-refractivity contribution < 1.29 is 0 Å². The zero-order valence-corrected chi connectivity index (χ0v) is 45.5. The first-order valence-electron chi connectivity index (χ1n) is 28.1. The molecule has 4 nitrogen and oxygen atoms in total. The molecule has 2 bridgehead atoms. The van der Waals surface area contributed by atoms with Crippen molar-refractivity contribution >= 4 is 21.8 Å². The fourth-order valence-electron chi connectivity index (χ4n) is 12.3. The molecule has 3 heterocycles. The molecule has 82 heavy (non-hydrogen) atoms. The summed E-state index contributed by atoms with van der Waals surface area (Å²) in [5, 5.41) is 2.40. The van der Waals surface area contributed by atoms with E-state index in [1.165, 1.54) is 49.7 Å². The zero-order chi connectivity index (χ0) is 54.7. The summed E-state index contributed by atoms with van der Waals surface area (Å²) in [6, 6.07) is 105. The van der Waals surface area contributed by atoms with Crippen LogP contribution in [-0.2, 0) is 5.41 Å². The number of hydrogen-bond acceptors (Lipinski definition) is 3. The monoisotopic (exact) mass is 1050 g/mol. The molecule has 0 aliphatic carbocycles. The van der Waals surface area contributed by atoms with Crippen LogP contribution in [0.25, 0.3) is 140 Å². The molecule has 2 aromatic heterocycles. The molecule has 14 aromatic rings. The first-order valence-corrected chi connectivity index (χ1v) is 28.1. The van der Waals surface area contributed by atoms with Gasteiger partial charge in [0.05, 0.1) is 16.7 Å². The molecule has 386 valence electrons. The lowest BCUT2D eigenvalue weighted by Crippen LogP contribution is -2.20. The fraction of sp³-hybridized carbons (Fsp3) is 0.0385. The second-order valence-electron chi connectivity index (χ2n) is 22.0. The van der Waals surface area contributed by atoms with Crippen LogP contribution in [0.2, 0.25) is 0 Å². The maximum absolute atomic E-state index is 5.59. The molecule has 0 spiro atoms. The predicted octanol–water partition coefficient (Wildman–Crippen LogP) is 20.3. The Hall–Kier alpha value is -10.6. The summed E-state index contributed by atoms with van der Waals surface area (Å²) < 4.78 is 2.58. The van der Waals surface area contributed by atoms with Crippen molar-refractivity contribution in [1.29, 1.82) is 0 Å². The Bertz CT molecular complexity index is 4650. The van der Waals surface area contributed by atoms with Gasteiger partial charge in [-0.25, -0.2) is 15.0 Å². The van der Waals surface area contributed by atoms with Gasteiger partial charge in [-0.3, -0.25) is 0 Å². The van der Waals surface area contributed by atoms with E-state index in [2.05, 4.69) is 310 Å². The minimum atomic E-state index is -0.424. The van der Waals surface area contributed by atoms with Gasteiger partial charge in [0.1, 0.15) is 0 Å². The van der Waals surface area contributed by atoms with Crippen LogP contribution in [0, 0.1) is 0 Å². The van der Waals surface area contributed by atoms with E-state index in [4.69, 9.17) is 15.0 Å². The minimum Gasteiger partial charge on any atom is -0.308 e. The average molecular weight is 1050 g/mol. The molecule has 0 radical (unpaired) electrons. The number of aromatic nitrogens is 4. The van der Waals surface area contributed by atoms with Crippen molar-refractivity contribution in [2.75, 3.05) is 0 Å². The maximum Gasteiger partial charge on any atom is 0.164 e. The lowest BCUT2D eigenvalue weighted by atomic mass is 9.76. The summed E-state index contributed by atoms with van der Waals surface area (Å²) in [6.07, 6.45) is 0. The zero-order valence-electron chi connectivity index (χ0n) is 45.5. The van der Waals surface area contributed by atoms with Crippen molar-refractivity contribution in [2.45, 2.75) is 19.3 Å². The highest BCUT2D eigenvalue weighted by atomic mass is 15.0. The summed E-state index contributed by atoms with van der Waals surface area (Å²) >= 11 is 0. The molecular weight excluding hydrogens is 993 g/mol. The van der Waals surface area contributed by atoms with E-state index in [0.717, 1.165) is 83.5 Å². The van der Waals surface area contributed by atoms with E-state index >= 15 is 0 Å². The Kier molecular flexibility index (Phi) is 11.8. The number of hydrogen-bond donors (Lipinski definition) is 0. The average Bonchev–Trinajstić information content (AvgIpc) is 3.04. The second-order valence-corrected chi connectivity index (χ2v) is 22.0. The molecule has 0 N–H and O–H groups in total. The van der Waals surface area contributed by atoms with Crippen molar-refractivity contribution in [2.24, 2.45) is 0 Å². The molecular formula is C78H54N4. The molecule has 0 saturated heterocycles. The molecule has 0 saturated carbocycles. The van der Waals surface area contributed by atoms with Gasteiger partial charge in [-0.15, -0.1) is 0 Å². The van der Waals surface area contributed by atoms with Crippen molar-refractivity contribution in [3.8, 4) is 118 Å². The molecule has 15 rings (SSSR count). The Balaban J connectivity index is 1.03. The highest BCUT2D eigenvalue weighted by molar-refractivity contribution is 6.14. The third kappa shape index (κ3) is 8.61. The SMILES string of the molecule is CC1(C)c2cccc(c2)-c2cc(-c3nc(-c4ccc(-c5ccccc5)cc4)nc(-c4cc(-c5ccccc5)cc(-c5ccccc5)c4)n3)cc(-c3ccccc3)c2-n2c3ccc(-c4ccccc4)cc3c3cc(-c4ccccc4)cc1c32. The third-order valence-electron chi connectivity index (χ3n) is 16.6. The highest BCUT2D eigenvalue weighted by Gasteiger charge is 2.33. The first-order chi connectivity index (χ1) is 40.4. The lowest BCUT2D eigenvalue weighted by Gasteiger charge is -2.28. The Labute approximate surface area is 478 Å². The molecule has 1 aliphatic rings. The smallest absolute Gasteiger partial charge is 0.164 e. The van der Waals surface area contributed by atoms with Crippen LogP contribution in [0.1, 0.15) is 25.0 Å². The molecule has 0 unspecified atom stereocenters. The lowest BCUT2D eigenvalue weighted by molar-refractivity contribution is 0.645. The van der Waals surface area contributed by atoms with Gasteiger partial charge in [-0.2, -0.15) is 0 Å². The van der Waals surface area contributed by atoms with Crippen molar-refractivity contribution in [3.05, 3.63) is 302 Å². The van der Waals surface area contributed by atoms with Crippen LogP contribution in [-0.4, -0.2) is 19.5 Å². The molecule has 0 atom stereocenters. The molecule has 0 amide bonds. The van der Waals surface area contributed by atoms with E-state index < -0.39 is 5.41 Å². The maximum atomic E-state index is 5.59. The highest BCUT2D eigenvalue weighted by Crippen LogP contribution is 2.50. The summed E-state index contributed by atoms with van der Waals surface area (Å²) in [4.78, 5) is 16.5. The van der Waals surface area contributed by atoms with E-state index in [1.54, 1.807) is 0 Å². The van der Waals surface area contributed by atoms with Crippen LogP contribution in [0.15, 0.2) is 291 Å². The van der Waals surface area contributed by atoms with Crippen LogP contribution >= 0.6 is 0 Å². The van der Waals surface area contributed by atoms with Gasteiger partial charge < -0.3 is 4.57 Å². The van der Waals surface area contributed by atoms with Gasteiger partial charge in [0, 0.05) is 44.0 Å². The quantitative estimate of drug-likeness (QED) is 0.145. The van der Waals surface area contributed by atoms with Gasteiger partial charge in [0.25, 0.3) is 0 Å². The summed E-state index contributed by atoms with van der Waals surface area (Å²) in [6.45, 7) is 4.78. The van der Waals surface area contributed by atoms with Crippen molar-refractivity contribution in [3.63, 3.8) is 0 Å². The number of nitrogens with zero attached hydrogens (tertiary/aromatic N) is 4. The number of fused-ring (bicyclic) bond motifs is 8. The van der Waals surface area contributed by atoms with E-state index in [9.17, 15) is 0 Å². The van der Waals surface area contributed by atoms with E-state index in [-0.39, 0.29) is 0 Å². The van der Waals surface area contributed by atoms with Gasteiger partial charge in [0.2, 0.25) is 0 Å². The summed E-state index contributed by atoms with van der Waals surface area (Å²) in [5.41, 5.74) is 23.9. The van der Waals surface area contributed by atoms with Crippen molar-refractivity contribution in [1.82, 2.24) is 19.5 Å². The number of rotatable bonds is 9. The van der Waals surface area contributed by atoms with Gasteiger partial charge in [-0.05, 0) is 132 Å². The molecule has 0 fully saturated rings. The van der Waals surface area contributed by atoms with Crippen LogP contribution in [0.3, 0.4) is 0 Å². The van der Waals surface area contributed by atoms with Crippen LogP contribution < -0.4 is 0 Å². The standard InChI is InChI=1S/C78H54N4/c1-78(2)66-35-21-34-60(45-66)68-49-65(48-67(57-32-19-8-20-33-57)73(68)82-72-41-40-59(52-24-11-4-12-25-52)46-69(72)70-47-63(50-71(78)74(70)82)55-30-17-7-18-31-55)77-80-75(58-38-36-56(37-39-58)51-22-9-3-10-23-51)79-76(81-77)64-43-61(53-26-13-5-14-27-53)42-62(44-64)54-28-15-6-16-29-54/h3-50H,1-2H3. The minimum absolute atomic E-state index is 0.424. The van der Waals surface area contributed by atoms with Gasteiger partial charge in [-0.1, -0.05) is 250 Å². The topological polar surface area (TPSA) is 43.6 Å². The Morgan fingerprint density at radius 3 is 1.18 bits per heavy atom. The summed E-state index contributed by atoms with van der Waals surface area (Å²) in [5.74, 6) is 1.76. The summed E-state index contributed by atoms with van der Waals surface area (Å²) in [7, 11) is 0. The molecule has 12 aromatic carbocycles. The van der Waals surface area contributed by atoms with Crippen LogP contribution in [0.5, 0.6) is 0 Å². The third-order valence-corrected chi connectivity index (χ3v) is 16.6. The molecule has 4 heteroatoms. The van der Waals surface area contributed by atoms with Gasteiger partial charge in [0.15, 0.2) is 17.5 Å². The first kappa shape index (κ1) is 48.6.